The molecule has 1 heterocycles. The number of para-hydroxylation sites is 1. The van der Waals surface area contributed by atoms with Crippen molar-refractivity contribution in [3.63, 3.8) is 0 Å². The number of hydrogen-bond acceptors (Lipinski definition) is 4. The van der Waals surface area contributed by atoms with Crippen molar-refractivity contribution in [1.29, 1.82) is 0 Å². The van der Waals surface area contributed by atoms with E-state index in [-0.39, 0.29) is 23.4 Å². The standard InChI is InChI=1S/C13H17N3O3S/c1-3-10(2)15-13(17)8-16-9-14-20(18,19)12-7-5-4-6-11(12)16/h4-7,9-10H,3,8H2,1-2H3,(H,15,17)/t10-/m1/s1. The summed E-state index contributed by atoms with van der Waals surface area (Å²) in [6, 6.07) is 6.60. The van der Waals surface area contributed by atoms with Crippen molar-refractivity contribution < 1.29 is 13.2 Å². The van der Waals surface area contributed by atoms with Gasteiger partial charge in [0.2, 0.25) is 5.91 Å². The predicted molar refractivity (Wildman–Crippen MR) is 77.4 cm³/mol. The average Bonchev–Trinajstić information content (AvgIpc) is 2.42. The van der Waals surface area contributed by atoms with E-state index in [0.717, 1.165) is 6.42 Å². The highest BCUT2D eigenvalue weighted by Gasteiger charge is 2.25. The molecule has 108 valence electrons. The first-order valence-electron chi connectivity index (χ1n) is 6.39. The third-order valence-corrected chi connectivity index (χ3v) is 4.38. The van der Waals surface area contributed by atoms with Crippen molar-refractivity contribution >= 4 is 28.0 Å². The first-order valence-corrected chi connectivity index (χ1v) is 7.83. The number of nitrogens with one attached hydrogen (secondary N) is 1. The molecule has 1 aliphatic heterocycles. The van der Waals surface area contributed by atoms with Crippen LogP contribution >= 0.6 is 0 Å². The summed E-state index contributed by atoms with van der Waals surface area (Å²) < 4.78 is 27.1. The Hall–Kier alpha value is -1.89. The normalized spacial score (nSPS) is 17.4. The second kappa shape index (κ2) is 5.62. The smallest absolute Gasteiger partial charge is 0.285 e. The van der Waals surface area contributed by atoms with Gasteiger partial charge < -0.3 is 10.2 Å². The molecular weight excluding hydrogens is 278 g/mol. The second-order valence-corrected chi connectivity index (χ2v) is 6.27. The van der Waals surface area contributed by atoms with Gasteiger partial charge in [0.25, 0.3) is 10.0 Å². The molecule has 2 rings (SSSR count). The number of nitrogens with zero attached hydrogens (tertiary/aromatic N) is 2. The Morgan fingerprint density at radius 1 is 1.40 bits per heavy atom. The van der Waals surface area contributed by atoms with Gasteiger partial charge in [0.1, 0.15) is 17.8 Å². The molecule has 0 bridgehead atoms. The minimum atomic E-state index is -3.64. The molecule has 0 fully saturated rings. The van der Waals surface area contributed by atoms with Crippen molar-refractivity contribution in [2.45, 2.75) is 31.2 Å². The van der Waals surface area contributed by atoms with Crippen LogP contribution in [0.2, 0.25) is 0 Å². The molecule has 0 spiro atoms. The van der Waals surface area contributed by atoms with E-state index in [1.54, 1.807) is 18.2 Å². The van der Waals surface area contributed by atoms with E-state index in [0.29, 0.717) is 5.69 Å². The number of hydrogen-bond donors (Lipinski definition) is 1. The Kier molecular flexibility index (Phi) is 4.08. The summed E-state index contributed by atoms with van der Waals surface area (Å²) in [5.41, 5.74) is 0.474. The largest absolute Gasteiger partial charge is 0.352 e. The molecule has 7 heteroatoms. The summed E-state index contributed by atoms with van der Waals surface area (Å²) in [5.74, 6) is -0.167. The number of amides is 1. The van der Waals surface area contributed by atoms with Crippen molar-refractivity contribution in [2.24, 2.45) is 4.40 Å². The summed E-state index contributed by atoms with van der Waals surface area (Å²) in [7, 11) is -3.64. The summed E-state index contributed by atoms with van der Waals surface area (Å²) in [6.07, 6.45) is 2.03. The van der Waals surface area contributed by atoms with Crippen LogP contribution in [-0.4, -0.2) is 33.3 Å². The first kappa shape index (κ1) is 14.5. The van der Waals surface area contributed by atoms with Crippen LogP contribution in [0.4, 0.5) is 5.69 Å². The van der Waals surface area contributed by atoms with Gasteiger partial charge >= 0.3 is 0 Å². The van der Waals surface area contributed by atoms with Crippen molar-refractivity contribution in [1.82, 2.24) is 5.32 Å². The molecule has 20 heavy (non-hydrogen) atoms. The summed E-state index contributed by atoms with van der Waals surface area (Å²) >= 11 is 0. The van der Waals surface area contributed by atoms with Gasteiger partial charge in [0, 0.05) is 6.04 Å². The number of carbonyl (C=O) groups excluding carboxylic acids is 1. The van der Waals surface area contributed by atoms with E-state index in [1.165, 1.54) is 17.3 Å². The fourth-order valence-electron chi connectivity index (χ4n) is 1.85. The second-order valence-electron chi connectivity index (χ2n) is 4.67. The number of rotatable bonds is 4. The molecule has 1 aliphatic rings. The molecule has 0 aliphatic carbocycles. The number of fused-ring (bicyclic) bond motifs is 1. The van der Waals surface area contributed by atoms with Gasteiger partial charge in [-0.2, -0.15) is 8.42 Å². The van der Waals surface area contributed by atoms with E-state index in [4.69, 9.17) is 0 Å². The van der Waals surface area contributed by atoms with Crippen LogP contribution in [0.1, 0.15) is 20.3 Å². The topological polar surface area (TPSA) is 78.8 Å². The zero-order valence-electron chi connectivity index (χ0n) is 11.4. The van der Waals surface area contributed by atoms with Gasteiger partial charge in [0.05, 0.1) is 5.69 Å². The maximum absolute atomic E-state index is 11.9. The van der Waals surface area contributed by atoms with Gasteiger partial charge in [-0.25, -0.2) is 0 Å². The van der Waals surface area contributed by atoms with Gasteiger partial charge in [-0.3, -0.25) is 4.79 Å². The number of carbonyl (C=O) groups is 1. The monoisotopic (exact) mass is 295 g/mol. The lowest BCUT2D eigenvalue weighted by atomic mass is 10.2. The fraction of sp³-hybridized carbons (Fsp3) is 0.385. The maximum Gasteiger partial charge on any atom is 0.285 e. The zero-order chi connectivity index (χ0) is 14.8. The van der Waals surface area contributed by atoms with E-state index < -0.39 is 10.0 Å². The lowest BCUT2D eigenvalue weighted by molar-refractivity contribution is -0.120. The Morgan fingerprint density at radius 3 is 2.80 bits per heavy atom. The molecule has 0 saturated heterocycles. The highest BCUT2D eigenvalue weighted by molar-refractivity contribution is 7.90. The van der Waals surface area contributed by atoms with Gasteiger partial charge in [-0.15, -0.1) is 4.40 Å². The summed E-state index contributed by atoms with van der Waals surface area (Å²) in [6.45, 7) is 3.94. The molecule has 0 unspecified atom stereocenters. The van der Waals surface area contributed by atoms with Gasteiger partial charge in [-0.1, -0.05) is 19.1 Å². The fourth-order valence-corrected chi connectivity index (χ4v) is 2.91. The van der Waals surface area contributed by atoms with Crippen molar-refractivity contribution in [3.8, 4) is 0 Å². The quantitative estimate of drug-likeness (QED) is 0.903. The lowest BCUT2D eigenvalue weighted by Crippen LogP contribution is -2.41. The van der Waals surface area contributed by atoms with Crippen LogP contribution in [0.15, 0.2) is 33.6 Å². The van der Waals surface area contributed by atoms with Crippen LogP contribution < -0.4 is 10.2 Å². The van der Waals surface area contributed by atoms with Crippen LogP contribution in [0.25, 0.3) is 0 Å². The highest BCUT2D eigenvalue weighted by atomic mass is 32.2. The van der Waals surface area contributed by atoms with Crippen LogP contribution in [0.3, 0.4) is 0 Å². The minimum absolute atomic E-state index is 0.0420. The molecule has 1 N–H and O–H groups in total. The number of sulfonamides is 1. The highest BCUT2D eigenvalue weighted by Crippen LogP contribution is 2.28. The number of anilines is 1. The lowest BCUT2D eigenvalue weighted by Gasteiger charge is -2.25. The minimum Gasteiger partial charge on any atom is -0.352 e. The Balaban J connectivity index is 2.21. The molecule has 0 radical (unpaired) electrons. The van der Waals surface area contributed by atoms with Crippen molar-refractivity contribution in [3.05, 3.63) is 24.3 Å². The predicted octanol–water partition coefficient (Wildman–Crippen LogP) is 1.14. The van der Waals surface area contributed by atoms with Crippen LogP contribution in [0.5, 0.6) is 0 Å². The molecule has 6 nitrogen and oxygen atoms in total. The molecule has 1 atom stereocenters. The Labute approximate surface area is 118 Å². The third-order valence-electron chi connectivity index (χ3n) is 3.11. The summed E-state index contributed by atoms with van der Waals surface area (Å²) in [5, 5.41) is 2.84. The molecule has 1 aromatic rings. The van der Waals surface area contributed by atoms with E-state index in [2.05, 4.69) is 9.71 Å². The molecule has 1 amide bonds. The van der Waals surface area contributed by atoms with Crippen LogP contribution in [0, 0.1) is 0 Å². The Bertz CT molecular complexity index is 640. The molecular formula is C13H17N3O3S. The Morgan fingerprint density at radius 2 is 2.10 bits per heavy atom. The summed E-state index contributed by atoms with van der Waals surface area (Å²) in [4.78, 5) is 13.5. The average molecular weight is 295 g/mol. The van der Waals surface area contributed by atoms with E-state index in [9.17, 15) is 13.2 Å². The number of benzene rings is 1. The zero-order valence-corrected chi connectivity index (χ0v) is 12.2. The molecule has 1 aromatic carbocycles. The van der Waals surface area contributed by atoms with E-state index >= 15 is 0 Å². The van der Waals surface area contributed by atoms with E-state index in [1.807, 2.05) is 13.8 Å². The first-order chi connectivity index (χ1) is 9.44. The van der Waals surface area contributed by atoms with Crippen LogP contribution in [-0.2, 0) is 14.8 Å². The molecule has 0 aromatic heterocycles. The van der Waals surface area contributed by atoms with Crippen molar-refractivity contribution in [2.75, 3.05) is 11.4 Å². The molecule has 0 saturated carbocycles. The SMILES string of the molecule is CC[C@@H](C)NC(=O)CN1C=NS(=O)(=O)c2ccccc21. The van der Waals surface area contributed by atoms with Gasteiger partial charge in [0.15, 0.2) is 0 Å². The maximum atomic E-state index is 11.9. The van der Waals surface area contributed by atoms with Gasteiger partial charge in [-0.05, 0) is 25.5 Å². The third kappa shape index (κ3) is 2.98.